The lowest BCUT2D eigenvalue weighted by atomic mass is 9.60. The van der Waals surface area contributed by atoms with Gasteiger partial charge in [-0.25, -0.2) is 9.67 Å². The van der Waals surface area contributed by atoms with Gasteiger partial charge in [-0.05, 0) is 39.5 Å². The molecule has 28 heavy (non-hydrogen) atoms. The zero-order chi connectivity index (χ0) is 19.6. The fraction of sp³-hybridized carbons (Fsp3) is 0.857. The van der Waals surface area contributed by atoms with Gasteiger partial charge < -0.3 is 15.4 Å². The molecule has 3 aliphatic rings. The Bertz CT molecular complexity index is 693. The van der Waals surface area contributed by atoms with Gasteiger partial charge in [0.1, 0.15) is 5.82 Å². The molecule has 4 rings (SSSR count). The van der Waals surface area contributed by atoms with Crippen molar-refractivity contribution in [2.24, 2.45) is 10.4 Å². The highest BCUT2D eigenvalue weighted by Gasteiger charge is 2.57. The quantitative estimate of drug-likeness (QED) is 0.578. The van der Waals surface area contributed by atoms with Gasteiger partial charge in [-0.15, -0.1) is 0 Å². The van der Waals surface area contributed by atoms with E-state index in [1.165, 1.54) is 25.7 Å². The molecule has 1 aromatic rings. The standard InChI is InChI=1S/C21H36N6O/c1-4-18-25-19-10-9-15(14-27(19)26-18)23-20(22-5-2)24-16-13-17(28-6-3)21(16)11-7-8-12-21/h15-17H,4-14H2,1-3H3,(H2,22,23,24). The fourth-order valence-corrected chi connectivity index (χ4v) is 5.37. The minimum absolute atomic E-state index is 0.313. The van der Waals surface area contributed by atoms with Crippen LogP contribution in [0.15, 0.2) is 4.99 Å². The van der Waals surface area contributed by atoms with Crippen LogP contribution >= 0.6 is 0 Å². The van der Waals surface area contributed by atoms with Crippen molar-refractivity contribution < 1.29 is 4.74 Å². The highest BCUT2D eigenvalue weighted by atomic mass is 16.5. The second-order valence-corrected chi connectivity index (χ2v) is 8.50. The number of aliphatic imine (C=N–C) groups is 1. The van der Waals surface area contributed by atoms with E-state index in [1.807, 2.05) is 0 Å². The summed E-state index contributed by atoms with van der Waals surface area (Å²) < 4.78 is 8.15. The third-order valence-corrected chi connectivity index (χ3v) is 6.87. The van der Waals surface area contributed by atoms with E-state index in [0.717, 1.165) is 63.0 Å². The zero-order valence-electron chi connectivity index (χ0n) is 17.7. The number of rotatable bonds is 6. The van der Waals surface area contributed by atoms with E-state index >= 15 is 0 Å². The zero-order valence-corrected chi connectivity index (χ0v) is 17.7. The summed E-state index contributed by atoms with van der Waals surface area (Å²) in [5, 5.41) is 12.1. The molecule has 1 spiro atoms. The van der Waals surface area contributed by atoms with Crippen LogP contribution < -0.4 is 10.6 Å². The van der Waals surface area contributed by atoms with Gasteiger partial charge in [0.25, 0.3) is 0 Å². The monoisotopic (exact) mass is 388 g/mol. The molecule has 0 aromatic carbocycles. The number of guanidine groups is 1. The van der Waals surface area contributed by atoms with Crippen molar-refractivity contribution >= 4 is 5.96 Å². The lowest BCUT2D eigenvalue weighted by molar-refractivity contribution is -0.125. The van der Waals surface area contributed by atoms with Gasteiger partial charge >= 0.3 is 0 Å². The molecule has 0 amide bonds. The highest BCUT2D eigenvalue weighted by Crippen LogP contribution is 2.54. The predicted molar refractivity (Wildman–Crippen MR) is 110 cm³/mol. The Kier molecular flexibility index (Phi) is 5.90. The molecule has 7 heteroatoms. The molecule has 2 heterocycles. The molecule has 2 aliphatic carbocycles. The van der Waals surface area contributed by atoms with E-state index in [1.54, 1.807) is 0 Å². The fourth-order valence-electron chi connectivity index (χ4n) is 5.37. The maximum absolute atomic E-state index is 6.07. The Balaban J connectivity index is 1.39. The smallest absolute Gasteiger partial charge is 0.191 e. The molecule has 3 atom stereocenters. The number of hydrogen-bond donors (Lipinski definition) is 2. The van der Waals surface area contributed by atoms with Crippen molar-refractivity contribution in [3.63, 3.8) is 0 Å². The summed E-state index contributed by atoms with van der Waals surface area (Å²) in [7, 11) is 0. The van der Waals surface area contributed by atoms with E-state index in [-0.39, 0.29) is 0 Å². The van der Waals surface area contributed by atoms with E-state index in [4.69, 9.17) is 9.73 Å². The molecule has 0 radical (unpaired) electrons. The van der Waals surface area contributed by atoms with Gasteiger partial charge in [0.15, 0.2) is 11.8 Å². The number of nitrogens with zero attached hydrogens (tertiary/aromatic N) is 4. The summed E-state index contributed by atoms with van der Waals surface area (Å²) in [6.45, 7) is 8.79. The SMILES string of the molecule is CCN=C(NC1CCc2nc(CC)nn2C1)NC1CC(OCC)C12CCCC2. The van der Waals surface area contributed by atoms with Gasteiger partial charge in [-0.1, -0.05) is 19.8 Å². The van der Waals surface area contributed by atoms with Crippen molar-refractivity contribution in [3.8, 4) is 0 Å². The van der Waals surface area contributed by atoms with Gasteiger partial charge in [0.2, 0.25) is 0 Å². The average Bonchev–Trinajstić information content (AvgIpc) is 3.35. The molecule has 1 aliphatic heterocycles. The number of nitrogens with one attached hydrogen (secondary N) is 2. The molecule has 1 aromatic heterocycles. The number of hydrogen-bond acceptors (Lipinski definition) is 4. The first-order valence-corrected chi connectivity index (χ1v) is 11.3. The lowest BCUT2D eigenvalue weighted by Crippen LogP contribution is -2.65. The van der Waals surface area contributed by atoms with Crippen LogP contribution in [0, 0.1) is 5.41 Å². The summed E-state index contributed by atoms with van der Waals surface area (Å²) in [5.74, 6) is 3.04. The summed E-state index contributed by atoms with van der Waals surface area (Å²) in [6, 6.07) is 0.820. The largest absolute Gasteiger partial charge is 0.378 e. The third-order valence-electron chi connectivity index (χ3n) is 6.87. The highest BCUT2D eigenvalue weighted by molar-refractivity contribution is 5.80. The maximum atomic E-state index is 6.07. The number of ether oxygens (including phenoxy) is 1. The average molecular weight is 389 g/mol. The molecule has 0 bridgehead atoms. The molecule has 156 valence electrons. The Labute approximate surface area is 168 Å². The number of aromatic nitrogens is 3. The number of aryl methyl sites for hydroxylation is 2. The van der Waals surface area contributed by atoms with Crippen molar-refractivity contribution in [3.05, 3.63) is 11.6 Å². The first kappa shape index (κ1) is 19.7. The molecular weight excluding hydrogens is 352 g/mol. The van der Waals surface area contributed by atoms with Crippen molar-refractivity contribution in [2.75, 3.05) is 13.2 Å². The van der Waals surface area contributed by atoms with Crippen LogP contribution in [0.25, 0.3) is 0 Å². The van der Waals surface area contributed by atoms with E-state index in [9.17, 15) is 0 Å². The molecule has 0 saturated heterocycles. The van der Waals surface area contributed by atoms with Crippen molar-refractivity contribution in [1.29, 1.82) is 0 Å². The van der Waals surface area contributed by atoms with Crippen LogP contribution in [-0.4, -0.2) is 52.1 Å². The van der Waals surface area contributed by atoms with Crippen LogP contribution in [-0.2, 0) is 24.1 Å². The van der Waals surface area contributed by atoms with E-state index < -0.39 is 0 Å². The summed E-state index contributed by atoms with van der Waals surface area (Å²) in [6.07, 6.45) is 9.66. The summed E-state index contributed by atoms with van der Waals surface area (Å²) >= 11 is 0. The molecule has 2 fully saturated rings. The molecule has 2 N–H and O–H groups in total. The molecule has 3 unspecified atom stereocenters. The van der Waals surface area contributed by atoms with Gasteiger partial charge in [0, 0.05) is 43.5 Å². The normalized spacial score (nSPS) is 28.8. The molecular formula is C21H36N6O. The maximum Gasteiger partial charge on any atom is 0.191 e. The van der Waals surface area contributed by atoms with Gasteiger partial charge in [-0.2, -0.15) is 5.10 Å². The van der Waals surface area contributed by atoms with Crippen LogP contribution in [0.2, 0.25) is 0 Å². The van der Waals surface area contributed by atoms with E-state index in [0.29, 0.717) is 23.6 Å². The molecule has 2 saturated carbocycles. The van der Waals surface area contributed by atoms with Crippen LogP contribution in [0.1, 0.15) is 70.9 Å². The Morgan fingerprint density at radius 1 is 1.25 bits per heavy atom. The summed E-state index contributed by atoms with van der Waals surface area (Å²) in [5.41, 5.74) is 0.313. The Hall–Kier alpha value is -1.63. The minimum atomic E-state index is 0.313. The Morgan fingerprint density at radius 3 is 2.79 bits per heavy atom. The first-order valence-electron chi connectivity index (χ1n) is 11.3. The number of fused-ring (bicyclic) bond motifs is 1. The first-order chi connectivity index (χ1) is 13.7. The minimum Gasteiger partial charge on any atom is -0.378 e. The van der Waals surface area contributed by atoms with Crippen LogP contribution in [0.4, 0.5) is 0 Å². The van der Waals surface area contributed by atoms with Crippen molar-refractivity contribution in [1.82, 2.24) is 25.4 Å². The van der Waals surface area contributed by atoms with Crippen LogP contribution in [0.3, 0.4) is 0 Å². The predicted octanol–water partition coefficient (Wildman–Crippen LogP) is 2.45. The summed E-state index contributed by atoms with van der Waals surface area (Å²) in [4.78, 5) is 9.38. The topological polar surface area (TPSA) is 76.4 Å². The van der Waals surface area contributed by atoms with Gasteiger partial charge in [-0.3, -0.25) is 4.99 Å². The van der Waals surface area contributed by atoms with Gasteiger partial charge in [0.05, 0.1) is 12.6 Å². The van der Waals surface area contributed by atoms with Crippen LogP contribution in [0.5, 0.6) is 0 Å². The second-order valence-electron chi connectivity index (χ2n) is 8.50. The van der Waals surface area contributed by atoms with E-state index in [2.05, 4.69) is 46.2 Å². The third kappa shape index (κ3) is 3.65. The Morgan fingerprint density at radius 2 is 2.07 bits per heavy atom. The second kappa shape index (κ2) is 8.39. The van der Waals surface area contributed by atoms with Crippen molar-refractivity contribution in [2.45, 2.75) is 96.9 Å². The lowest BCUT2D eigenvalue weighted by Gasteiger charge is -2.54. The molecule has 7 nitrogen and oxygen atoms in total.